The predicted molar refractivity (Wildman–Crippen MR) is 105 cm³/mol. The second-order valence-corrected chi connectivity index (χ2v) is 5.76. The van der Waals surface area contributed by atoms with Gasteiger partial charge in [0.05, 0.1) is 31.5 Å². The van der Waals surface area contributed by atoms with Crippen molar-refractivity contribution in [3.63, 3.8) is 0 Å². The van der Waals surface area contributed by atoms with Gasteiger partial charge in [-0.25, -0.2) is 4.79 Å². The lowest BCUT2D eigenvalue weighted by Crippen LogP contribution is -2.11. The van der Waals surface area contributed by atoms with Gasteiger partial charge in [0.1, 0.15) is 17.1 Å². The molecule has 0 atom stereocenters. The Kier molecular flexibility index (Phi) is 7.25. The van der Waals surface area contributed by atoms with Crippen LogP contribution < -0.4 is 14.8 Å². The molecule has 0 bridgehead atoms. The van der Waals surface area contributed by atoms with Crippen LogP contribution in [0.3, 0.4) is 0 Å². The summed E-state index contributed by atoms with van der Waals surface area (Å²) in [5.41, 5.74) is 1.36. The standard InChI is InChI=1S/C20H20ClNO5/c1-4-27-20(24)15-11-16(21)17(12-18(15)26-3)22-19(23)10-7-13-5-8-14(25-2)9-6-13/h5-12H,4H2,1-3H3,(H,22,23)/b10-7+. The number of anilines is 1. The van der Waals surface area contributed by atoms with Crippen LogP contribution >= 0.6 is 11.6 Å². The molecule has 0 unspecified atom stereocenters. The molecular weight excluding hydrogens is 370 g/mol. The summed E-state index contributed by atoms with van der Waals surface area (Å²) in [5.74, 6) is 0.0663. The summed E-state index contributed by atoms with van der Waals surface area (Å²) in [5, 5.41) is 2.86. The van der Waals surface area contributed by atoms with Crippen molar-refractivity contribution in [2.75, 3.05) is 26.1 Å². The highest BCUT2D eigenvalue weighted by atomic mass is 35.5. The summed E-state index contributed by atoms with van der Waals surface area (Å²) in [6.45, 7) is 1.93. The second-order valence-electron chi connectivity index (χ2n) is 5.35. The van der Waals surface area contributed by atoms with E-state index in [1.807, 2.05) is 12.1 Å². The van der Waals surface area contributed by atoms with Crippen molar-refractivity contribution in [2.45, 2.75) is 6.92 Å². The number of benzene rings is 2. The Morgan fingerprint density at radius 1 is 1.11 bits per heavy atom. The third-order valence-electron chi connectivity index (χ3n) is 3.59. The molecule has 0 fully saturated rings. The van der Waals surface area contributed by atoms with Crippen molar-refractivity contribution in [3.05, 3.63) is 58.6 Å². The van der Waals surface area contributed by atoms with Gasteiger partial charge in [0.2, 0.25) is 5.91 Å². The number of esters is 1. The van der Waals surface area contributed by atoms with Gasteiger partial charge < -0.3 is 19.5 Å². The van der Waals surface area contributed by atoms with Crippen LogP contribution in [-0.2, 0) is 9.53 Å². The Balaban J connectivity index is 2.14. The first-order valence-electron chi connectivity index (χ1n) is 8.16. The Hall–Kier alpha value is -2.99. The van der Waals surface area contributed by atoms with Crippen molar-refractivity contribution in [2.24, 2.45) is 0 Å². The fraction of sp³-hybridized carbons (Fsp3) is 0.200. The molecular formula is C20H20ClNO5. The molecule has 0 aliphatic heterocycles. The fourth-order valence-corrected chi connectivity index (χ4v) is 2.46. The molecule has 1 N–H and O–H groups in total. The zero-order chi connectivity index (χ0) is 19.8. The molecule has 0 spiro atoms. The number of methoxy groups -OCH3 is 2. The van der Waals surface area contributed by atoms with Gasteiger partial charge in [-0.15, -0.1) is 0 Å². The minimum Gasteiger partial charge on any atom is -0.497 e. The number of ether oxygens (including phenoxy) is 3. The van der Waals surface area contributed by atoms with Crippen LogP contribution in [0.2, 0.25) is 5.02 Å². The summed E-state index contributed by atoms with van der Waals surface area (Å²) in [4.78, 5) is 24.1. The van der Waals surface area contributed by atoms with Gasteiger partial charge in [-0.05, 0) is 36.8 Å². The van der Waals surface area contributed by atoms with Crippen LogP contribution in [-0.4, -0.2) is 32.7 Å². The lowest BCUT2D eigenvalue weighted by atomic mass is 10.1. The summed E-state index contributed by atoms with van der Waals surface area (Å²) in [7, 11) is 3.00. The number of hydrogen-bond donors (Lipinski definition) is 1. The van der Waals surface area contributed by atoms with Crippen molar-refractivity contribution >= 4 is 35.2 Å². The molecule has 0 saturated heterocycles. The first-order valence-corrected chi connectivity index (χ1v) is 8.54. The third kappa shape index (κ3) is 5.49. The summed E-state index contributed by atoms with van der Waals surface area (Å²) >= 11 is 6.18. The maximum Gasteiger partial charge on any atom is 0.341 e. The number of carbonyl (C=O) groups is 2. The normalized spacial score (nSPS) is 10.5. The smallest absolute Gasteiger partial charge is 0.341 e. The van der Waals surface area contributed by atoms with E-state index >= 15 is 0 Å². The number of amides is 1. The first kappa shape index (κ1) is 20.3. The molecule has 2 aromatic carbocycles. The number of rotatable bonds is 7. The van der Waals surface area contributed by atoms with Gasteiger partial charge in [0.25, 0.3) is 0 Å². The van der Waals surface area contributed by atoms with Gasteiger partial charge in [0.15, 0.2) is 0 Å². The molecule has 142 valence electrons. The monoisotopic (exact) mass is 389 g/mol. The van der Waals surface area contributed by atoms with E-state index in [9.17, 15) is 9.59 Å². The highest BCUT2D eigenvalue weighted by Gasteiger charge is 2.17. The summed E-state index contributed by atoms with van der Waals surface area (Å²) < 4.78 is 15.3. The highest BCUT2D eigenvalue weighted by Crippen LogP contribution is 2.31. The van der Waals surface area contributed by atoms with E-state index in [0.29, 0.717) is 5.69 Å². The van der Waals surface area contributed by atoms with Gasteiger partial charge >= 0.3 is 5.97 Å². The van der Waals surface area contributed by atoms with Gasteiger partial charge in [-0.1, -0.05) is 23.7 Å². The number of hydrogen-bond acceptors (Lipinski definition) is 5. The van der Waals surface area contributed by atoms with Crippen LogP contribution in [0.5, 0.6) is 11.5 Å². The van der Waals surface area contributed by atoms with Crippen molar-refractivity contribution in [3.8, 4) is 11.5 Å². The highest BCUT2D eigenvalue weighted by molar-refractivity contribution is 6.34. The van der Waals surface area contributed by atoms with E-state index in [4.69, 9.17) is 25.8 Å². The lowest BCUT2D eigenvalue weighted by molar-refractivity contribution is -0.111. The fourth-order valence-electron chi connectivity index (χ4n) is 2.25. The van der Waals surface area contributed by atoms with E-state index < -0.39 is 5.97 Å². The Bertz CT molecular complexity index is 846. The van der Waals surface area contributed by atoms with Gasteiger partial charge in [-0.3, -0.25) is 4.79 Å². The largest absolute Gasteiger partial charge is 0.497 e. The molecule has 7 heteroatoms. The van der Waals surface area contributed by atoms with Crippen molar-refractivity contribution < 1.29 is 23.8 Å². The second kappa shape index (κ2) is 9.64. The first-order chi connectivity index (χ1) is 13.0. The molecule has 1 amide bonds. The molecule has 0 heterocycles. The Labute approximate surface area is 162 Å². The minimum absolute atomic E-state index is 0.191. The van der Waals surface area contributed by atoms with Crippen LogP contribution in [0.4, 0.5) is 5.69 Å². The zero-order valence-corrected chi connectivity index (χ0v) is 16.0. The van der Waals surface area contributed by atoms with Crippen LogP contribution in [0.15, 0.2) is 42.5 Å². The van der Waals surface area contributed by atoms with Crippen LogP contribution in [0.25, 0.3) is 6.08 Å². The molecule has 2 rings (SSSR count). The third-order valence-corrected chi connectivity index (χ3v) is 3.90. The Morgan fingerprint density at radius 2 is 1.81 bits per heavy atom. The lowest BCUT2D eigenvalue weighted by Gasteiger charge is -2.12. The van der Waals surface area contributed by atoms with Crippen LogP contribution in [0, 0.1) is 0 Å². The molecule has 2 aromatic rings. The molecule has 27 heavy (non-hydrogen) atoms. The van der Waals surface area contributed by atoms with Gasteiger partial charge in [-0.2, -0.15) is 0 Å². The maximum atomic E-state index is 12.2. The summed E-state index contributed by atoms with van der Waals surface area (Å²) in [6.07, 6.45) is 3.04. The number of halogens is 1. The number of nitrogens with one attached hydrogen (secondary N) is 1. The molecule has 0 aliphatic carbocycles. The minimum atomic E-state index is -0.548. The average molecular weight is 390 g/mol. The maximum absolute atomic E-state index is 12.2. The van der Waals surface area contributed by atoms with E-state index in [1.54, 1.807) is 32.2 Å². The van der Waals surface area contributed by atoms with Crippen molar-refractivity contribution in [1.29, 1.82) is 0 Å². The van der Waals surface area contributed by atoms with E-state index in [0.717, 1.165) is 11.3 Å². The Morgan fingerprint density at radius 3 is 2.41 bits per heavy atom. The topological polar surface area (TPSA) is 73.9 Å². The quantitative estimate of drug-likeness (QED) is 0.567. The average Bonchev–Trinajstić information content (AvgIpc) is 2.68. The van der Waals surface area contributed by atoms with E-state index in [2.05, 4.69) is 5.32 Å². The van der Waals surface area contributed by atoms with Gasteiger partial charge in [0, 0.05) is 12.1 Å². The number of carbonyl (C=O) groups excluding carboxylic acids is 2. The molecule has 6 nitrogen and oxygen atoms in total. The van der Waals surface area contributed by atoms with Crippen molar-refractivity contribution in [1.82, 2.24) is 0 Å². The SMILES string of the molecule is CCOC(=O)c1cc(Cl)c(NC(=O)/C=C/c2ccc(OC)cc2)cc1OC. The predicted octanol–water partition coefficient (Wildman–Crippen LogP) is 4.19. The summed E-state index contributed by atoms with van der Waals surface area (Å²) in [6, 6.07) is 10.1. The molecule has 0 radical (unpaired) electrons. The molecule has 0 aliphatic rings. The van der Waals surface area contributed by atoms with E-state index in [-0.39, 0.29) is 28.8 Å². The van der Waals surface area contributed by atoms with Crippen LogP contribution in [0.1, 0.15) is 22.8 Å². The molecule has 0 saturated carbocycles. The van der Waals surface area contributed by atoms with E-state index in [1.165, 1.54) is 25.3 Å². The molecule has 0 aromatic heterocycles. The zero-order valence-electron chi connectivity index (χ0n) is 15.2.